The molecular formula is C26H29Cl2N3O4S. The normalized spacial score (nSPS) is 15.0. The predicted molar refractivity (Wildman–Crippen MR) is 143 cm³/mol. The molecular weight excluding hydrogens is 521 g/mol. The largest absolute Gasteiger partial charge is 0.492 e. The molecule has 4 rings (SSSR count). The van der Waals surface area contributed by atoms with Gasteiger partial charge in [0, 0.05) is 11.2 Å². The number of sulfonamides is 1. The molecule has 0 unspecified atom stereocenters. The van der Waals surface area contributed by atoms with E-state index in [1.807, 2.05) is 12.1 Å². The zero-order valence-corrected chi connectivity index (χ0v) is 22.5. The molecule has 0 saturated carbocycles. The Hall–Kier alpha value is -2.52. The number of nitrogens with zero attached hydrogens (tertiary/aromatic N) is 2. The Morgan fingerprint density at radius 3 is 2.61 bits per heavy atom. The molecule has 0 atom stereocenters. The van der Waals surface area contributed by atoms with Gasteiger partial charge < -0.3 is 14.4 Å². The minimum absolute atomic E-state index is 0.0916. The van der Waals surface area contributed by atoms with Crippen LogP contribution in [0.3, 0.4) is 0 Å². The Morgan fingerprint density at radius 1 is 1.06 bits per heavy atom. The Bertz CT molecular complexity index is 1310. The number of nitrogens with one attached hydrogen (secondary N) is 1. The topological polar surface area (TPSA) is 80.8 Å². The third-order valence-electron chi connectivity index (χ3n) is 6.21. The van der Waals surface area contributed by atoms with Gasteiger partial charge in [-0.25, -0.2) is 13.4 Å². The molecule has 3 aromatic rings. The monoisotopic (exact) mass is 549 g/mol. The van der Waals surface area contributed by atoms with Crippen LogP contribution in [0.25, 0.3) is 0 Å². The number of likely N-dealkylation sites (tertiary alicyclic amines) is 1. The van der Waals surface area contributed by atoms with Crippen molar-refractivity contribution in [2.24, 2.45) is 5.92 Å². The number of benzene rings is 2. The zero-order chi connectivity index (χ0) is 25.7. The molecule has 1 aliphatic rings. The van der Waals surface area contributed by atoms with Gasteiger partial charge in [-0.15, -0.1) is 0 Å². The van der Waals surface area contributed by atoms with E-state index in [1.54, 1.807) is 37.3 Å². The van der Waals surface area contributed by atoms with Gasteiger partial charge in [-0.1, -0.05) is 35.3 Å². The van der Waals surface area contributed by atoms with Crippen LogP contribution in [0.2, 0.25) is 10.0 Å². The van der Waals surface area contributed by atoms with Gasteiger partial charge in [0.25, 0.3) is 10.0 Å². The highest BCUT2D eigenvalue weighted by Crippen LogP contribution is 2.30. The fraction of sp³-hybridized carbons (Fsp3) is 0.346. The van der Waals surface area contributed by atoms with Crippen LogP contribution < -0.4 is 14.2 Å². The fourth-order valence-corrected chi connectivity index (χ4v) is 5.73. The molecule has 1 N–H and O–H groups in total. The standard InChI is InChI=1S/C26H29Cl2N3O4S/c1-18-21(27)5-3-7-25(18)36(32,33)30-23-6-4-12-29-26(23)35-17-20-8-9-22(28)24(15-20)34-16-19-10-13-31(2)14-11-19/h3-9,12,15,19,30H,10-11,13-14,16-17H2,1-2H3. The van der Waals surface area contributed by atoms with Gasteiger partial charge in [0.15, 0.2) is 0 Å². The average Bonchev–Trinajstić information content (AvgIpc) is 2.86. The average molecular weight is 551 g/mol. The first-order valence-corrected chi connectivity index (χ1v) is 13.9. The highest BCUT2D eigenvalue weighted by atomic mass is 35.5. The van der Waals surface area contributed by atoms with E-state index in [4.69, 9.17) is 32.7 Å². The van der Waals surface area contributed by atoms with Gasteiger partial charge in [-0.3, -0.25) is 4.72 Å². The van der Waals surface area contributed by atoms with Gasteiger partial charge in [0.05, 0.1) is 16.5 Å². The molecule has 1 aliphatic heterocycles. The van der Waals surface area contributed by atoms with Gasteiger partial charge >= 0.3 is 0 Å². The third kappa shape index (κ3) is 6.62. The summed E-state index contributed by atoms with van der Waals surface area (Å²) in [5.74, 6) is 1.27. The van der Waals surface area contributed by atoms with Crippen LogP contribution in [-0.2, 0) is 16.6 Å². The van der Waals surface area contributed by atoms with Gasteiger partial charge in [0.1, 0.15) is 18.0 Å². The Balaban J connectivity index is 1.43. The summed E-state index contributed by atoms with van der Waals surface area (Å²) < 4.78 is 40.5. The van der Waals surface area contributed by atoms with Gasteiger partial charge in [-0.2, -0.15) is 0 Å². The highest BCUT2D eigenvalue weighted by molar-refractivity contribution is 7.92. The van der Waals surface area contributed by atoms with Crippen LogP contribution in [-0.4, -0.2) is 45.0 Å². The minimum Gasteiger partial charge on any atom is -0.492 e. The summed E-state index contributed by atoms with van der Waals surface area (Å²) in [6.45, 7) is 4.58. The Kier molecular flexibility index (Phi) is 8.62. The smallest absolute Gasteiger partial charge is 0.262 e. The molecule has 1 fully saturated rings. The number of hydrogen-bond acceptors (Lipinski definition) is 6. The lowest BCUT2D eigenvalue weighted by Crippen LogP contribution is -2.32. The molecule has 192 valence electrons. The summed E-state index contributed by atoms with van der Waals surface area (Å²) >= 11 is 12.5. The van der Waals surface area contributed by atoms with E-state index in [0.717, 1.165) is 31.5 Å². The Labute approximate surface area is 222 Å². The first-order valence-electron chi connectivity index (χ1n) is 11.7. The number of rotatable bonds is 9. The van der Waals surface area contributed by atoms with Crippen molar-refractivity contribution in [1.29, 1.82) is 0 Å². The lowest BCUT2D eigenvalue weighted by Gasteiger charge is -2.28. The molecule has 0 radical (unpaired) electrons. The number of ether oxygens (including phenoxy) is 2. The van der Waals surface area contributed by atoms with E-state index < -0.39 is 10.0 Å². The summed E-state index contributed by atoms with van der Waals surface area (Å²) in [5, 5.41) is 0.909. The van der Waals surface area contributed by atoms with Gasteiger partial charge in [-0.05, 0) is 93.3 Å². The molecule has 0 bridgehead atoms. The van der Waals surface area contributed by atoms with Crippen molar-refractivity contribution in [2.45, 2.75) is 31.3 Å². The summed E-state index contributed by atoms with van der Waals surface area (Å²) in [6, 6.07) is 13.4. The van der Waals surface area contributed by atoms with Crippen molar-refractivity contribution in [1.82, 2.24) is 9.88 Å². The quantitative estimate of drug-likeness (QED) is 0.363. The molecule has 1 saturated heterocycles. The maximum Gasteiger partial charge on any atom is 0.262 e. The molecule has 2 aromatic carbocycles. The molecule has 0 amide bonds. The maximum atomic E-state index is 13.0. The van der Waals surface area contributed by atoms with Crippen LogP contribution in [0.5, 0.6) is 11.6 Å². The first kappa shape index (κ1) is 26.5. The number of aromatic nitrogens is 1. The number of anilines is 1. The van der Waals surface area contributed by atoms with Crippen molar-refractivity contribution in [3.63, 3.8) is 0 Å². The van der Waals surface area contributed by atoms with Crippen molar-refractivity contribution in [2.75, 3.05) is 31.5 Å². The predicted octanol–water partition coefficient (Wildman–Crippen LogP) is 5.80. The fourth-order valence-electron chi connectivity index (χ4n) is 4.00. The number of pyridine rings is 1. The minimum atomic E-state index is -3.90. The van der Waals surface area contributed by atoms with Crippen LogP contribution in [0.15, 0.2) is 59.6 Å². The first-order chi connectivity index (χ1) is 17.2. The van der Waals surface area contributed by atoms with E-state index in [9.17, 15) is 8.42 Å². The molecule has 2 heterocycles. The lowest BCUT2D eigenvalue weighted by atomic mass is 9.98. The SMILES string of the molecule is Cc1c(Cl)cccc1S(=O)(=O)Nc1cccnc1OCc1ccc(Cl)c(OCC2CCN(C)CC2)c1. The van der Waals surface area contributed by atoms with Gasteiger partial charge in [0.2, 0.25) is 5.88 Å². The lowest BCUT2D eigenvalue weighted by molar-refractivity contribution is 0.160. The van der Waals surface area contributed by atoms with Crippen LogP contribution >= 0.6 is 23.2 Å². The molecule has 1 aromatic heterocycles. The van der Waals surface area contributed by atoms with Crippen molar-refractivity contribution in [3.8, 4) is 11.6 Å². The van der Waals surface area contributed by atoms with E-state index in [0.29, 0.717) is 33.9 Å². The third-order valence-corrected chi connectivity index (χ3v) is 8.44. The van der Waals surface area contributed by atoms with Crippen molar-refractivity contribution >= 4 is 38.9 Å². The van der Waals surface area contributed by atoms with E-state index in [1.165, 1.54) is 12.3 Å². The molecule has 7 nitrogen and oxygen atoms in total. The Morgan fingerprint density at radius 2 is 1.83 bits per heavy atom. The highest BCUT2D eigenvalue weighted by Gasteiger charge is 2.21. The summed E-state index contributed by atoms with van der Waals surface area (Å²) in [6.07, 6.45) is 3.74. The zero-order valence-electron chi connectivity index (χ0n) is 20.2. The number of piperidine rings is 1. The molecule has 36 heavy (non-hydrogen) atoms. The second kappa shape index (κ2) is 11.7. The summed E-state index contributed by atoms with van der Waals surface area (Å²) in [4.78, 5) is 6.63. The molecule has 0 spiro atoms. The second-order valence-corrected chi connectivity index (χ2v) is 11.4. The van der Waals surface area contributed by atoms with E-state index >= 15 is 0 Å². The van der Waals surface area contributed by atoms with Crippen LogP contribution in [0.1, 0.15) is 24.0 Å². The second-order valence-electron chi connectivity index (χ2n) is 8.94. The van der Waals surface area contributed by atoms with Crippen LogP contribution in [0.4, 0.5) is 5.69 Å². The van der Waals surface area contributed by atoms with Crippen LogP contribution in [0, 0.1) is 12.8 Å². The number of hydrogen-bond donors (Lipinski definition) is 1. The van der Waals surface area contributed by atoms with E-state index in [-0.39, 0.29) is 23.1 Å². The number of halogens is 2. The molecule has 10 heteroatoms. The maximum absolute atomic E-state index is 13.0. The van der Waals surface area contributed by atoms with Crippen molar-refractivity contribution in [3.05, 3.63) is 75.9 Å². The van der Waals surface area contributed by atoms with Crippen molar-refractivity contribution < 1.29 is 17.9 Å². The summed E-state index contributed by atoms with van der Waals surface area (Å²) in [7, 11) is -1.77. The molecule has 0 aliphatic carbocycles. The van der Waals surface area contributed by atoms with E-state index in [2.05, 4.69) is 21.7 Å². The summed E-state index contributed by atoms with van der Waals surface area (Å²) in [5.41, 5.74) is 1.51.